The number of ketones is 1. The number of Topliss-reactive ketones (excluding diaryl/α,β-unsaturated/α-hetero) is 1. The summed E-state index contributed by atoms with van der Waals surface area (Å²) < 4.78 is 0.953. The largest absolute Gasteiger partial charge is 0.328 e. The molecule has 0 bridgehead atoms. The summed E-state index contributed by atoms with van der Waals surface area (Å²) >= 11 is 0. The van der Waals surface area contributed by atoms with E-state index in [0.717, 1.165) is 17.4 Å². The second-order valence-corrected chi connectivity index (χ2v) is 8.10. The van der Waals surface area contributed by atoms with Crippen molar-refractivity contribution in [2.75, 3.05) is 27.2 Å². The summed E-state index contributed by atoms with van der Waals surface area (Å²) in [6, 6.07) is -0.382. The molecule has 3 nitrogen and oxygen atoms in total. The topological polar surface area (TPSA) is 43.1 Å². The Morgan fingerprint density at radius 2 is 1.38 bits per heavy atom. The van der Waals surface area contributed by atoms with Gasteiger partial charge in [-0.05, 0) is 25.3 Å². The van der Waals surface area contributed by atoms with Crippen molar-refractivity contribution in [2.45, 2.75) is 90.5 Å². The van der Waals surface area contributed by atoms with Crippen LogP contribution in [0.1, 0.15) is 84.5 Å². The molecule has 0 aromatic rings. The lowest BCUT2D eigenvalue weighted by Crippen LogP contribution is -2.45. The van der Waals surface area contributed by atoms with Crippen LogP contribution in [-0.4, -0.2) is 43.5 Å². The summed E-state index contributed by atoms with van der Waals surface area (Å²) in [6.45, 7) is 9.83. The summed E-state index contributed by atoms with van der Waals surface area (Å²) in [5.74, 6) is 0.00827. The molecular formula is C21H43N2O+. The van der Waals surface area contributed by atoms with Gasteiger partial charge in [-0.1, -0.05) is 64.9 Å². The number of hydrogen-bond donors (Lipinski definition) is 1. The number of nitrogens with two attached hydrogens (primary N) is 1. The van der Waals surface area contributed by atoms with Crippen LogP contribution in [0.2, 0.25) is 0 Å². The molecular weight excluding hydrogens is 296 g/mol. The van der Waals surface area contributed by atoms with E-state index in [-0.39, 0.29) is 11.8 Å². The van der Waals surface area contributed by atoms with Crippen LogP contribution in [0.4, 0.5) is 0 Å². The quantitative estimate of drug-likeness (QED) is 0.248. The number of hydrogen-bond acceptors (Lipinski definition) is 2. The number of rotatable bonds is 16. The Labute approximate surface area is 151 Å². The second-order valence-electron chi connectivity index (χ2n) is 8.10. The molecule has 0 aliphatic carbocycles. The predicted molar refractivity (Wildman–Crippen MR) is 106 cm³/mol. The standard InChI is InChI=1S/C21H43N2O/c1-6-7-8-9-10-11-12-13-14-15-17-23(4,5)18-16-20(22)21(24)19(2)3/h20H,2,6-18,22H2,1,3-5H3/q+1. The van der Waals surface area contributed by atoms with Gasteiger partial charge in [0.25, 0.3) is 0 Å². The average Bonchev–Trinajstić information content (AvgIpc) is 2.53. The first-order chi connectivity index (χ1) is 11.3. The van der Waals surface area contributed by atoms with Crippen LogP contribution in [0.15, 0.2) is 12.2 Å². The lowest BCUT2D eigenvalue weighted by Gasteiger charge is -2.30. The molecule has 0 rings (SSSR count). The van der Waals surface area contributed by atoms with Gasteiger partial charge in [0.05, 0.1) is 33.2 Å². The smallest absolute Gasteiger partial charge is 0.174 e. The van der Waals surface area contributed by atoms with E-state index in [4.69, 9.17) is 5.73 Å². The molecule has 0 saturated carbocycles. The molecule has 1 atom stereocenters. The minimum atomic E-state index is -0.382. The van der Waals surface area contributed by atoms with Crippen molar-refractivity contribution < 1.29 is 9.28 Å². The van der Waals surface area contributed by atoms with Gasteiger partial charge in [-0.15, -0.1) is 0 Å². The Bertz CT molecular complexity index is 350. The number of nitrogens with zero attached hydrogens (tertiary/aromatic N) is 1. The Balaban J connectivity index is 3.63. The average molecular weight is 340 g/mol. The minimum Gasteiger partial charge on any atom is -0.328 e. The molecule has 0 spiro atoms. The maximum absolute atomic E-state index is 11.8. The van der Waals surface area contributed by atoms with Crippen LogP contribution < -0.4 is 5.73 Å². The Morgan fingerprint density at radius 1 is 0.917 bits per heavy atom. The van der Waals surface area contributed by atoms with Gasteiger partial charge in [0.1, 0.15) is 0 Å². The molecule has 2 N–H and O–H groups in total. The molecule has 142 valence electrons. The van der Waals surface area contributed by atoms with Gasteiger partial charge in [0, 0.05) is 6.42 Å². The van der Waals surface area contributed by atoms with E-state index in [9.17, 15) is 4.79 Å². The lowest BCUT2D eigenvalue weighted by molar-refractivity contribution is -0.890. The second kappa shape index (κ2) is 13.6. The Kier molecular flexibility index (Phi) is 13.2. The summed E-state index contributed by atoms with van der Waals surface area (Å²) in [4.78, 5) is 11.8. The first-order valence-corrected chi connectivity index (χ1v) is 10.1. The van der Waals surface area contributed by atoms with E-state index in [1.54, 1.807) is 6.92 Å². The highest BCUT2D eigenvalue weighted by molar-refractivity contribution is 5.98. The van der Waals surface area contributed by atoms with E-state index in [1.165, 1.54) is 70.8 Å². The van der Waals surface area contributed by atoms with Crippen LogP contribution in [0.5, 0.6) is 0 Å². The molecule has 0 aliphatic heterocycles. The third-order valence-electron chi connectivity index (χ3n) is 4.92. The van der Waals surface area contributed by atoms with Crippen LogP contribution >= 0.6 is 0 Å². The highest BCUT2D eigenvalue weighted by atomic mass is 16.1. The summed E-state index contributed by atoms with van der Waals surface area (Å²) in [5, 5.41) is 0. The van der Waals surface area contributed by atoms with Crippen molar-refractivity contribution in [3.8, 4) is 0 Å². The highest BCUT2D eigenvalue weighted by Crippen LogP contribution is 2.12. The van der Waals surface area contributed by atoms with Crippen molar-refractivity contribution in [3.05, 3.63) is 12.2 Å². The summed E-state index contributed by atoms with van der Waals surface area (Å²) in [5.41, 5.74) is 6.53. The van der Waals surface area contributed by atoms with Crippen molar-refractivity contribution in [1.29, 1.82) is 0 Å². The molecule has 3 heteroatoms. The predicted octanol–water partition coefficient (Wildman–Crippen LogP) is 4.85. The maximum Gasteiger partial charge on any atom is 0.174 e. The fourth-order valence-electron chi connectivity index (χ4n) is 3.08. The zero-order valence-corrected chi connectivity index (χ0v) is 16.9. The Hall–Kier alpha value is -0.670. The van der Waals surface area contributed by atoms with E-state index in [2.05, 4.69) is 27.6 Å². The third-order valence-corrected chi connectivity index (χ3v) is 4.92. The van der Waals surface area contributed by atoms with Gasteiger partial charge < -0.3 is 10.2 Å². The van der Waals surface area contributed by atoms with Gasteiger partial charge in [0.2, 0.25) is 0 Å². The van der Waals surface area contributed by atoms with Gasteiger partial charge in [-0.2, -0.15) is 0 Å². The molecule has 0 aromatic heterocycles. The van der Waals surface area contributed by atoms with Crippen LogP contribution in [0, 0.1) is 0 Å². The SMILES string of the molecule is C=C(C)C(=O)C(N)CC[N+](C)(C)CCCCCCCCCCCC. The first kappa shape index (κ1) is 23.3. The zero-order chi connectivity index (χ0) is 18.4. The number of quaternary nitrogens is 1. The van der Waals surface area contributed by atoms with Crippen molar-refractivity contribution >= 4 is 5.78 Å². The molecule has 0 fully saturated rings. The number of carbonyl (C=O) groups is 1. The first-order valence-electron chi connectivity index (χ1n) is 10.1. The van der Waals surface area contributed by atoms with Gasteiger partial charge in [0.15, 0.2) is 5.78 Å². The summed E-state index contributed by atoms with van der Waals surface area (Å²) in [7, 11) is 4.48. The van der Waals surface area contributed by atoms with Crippen molar-refractivity contribution in [1.82, 2.24) is 0 Å². The summed E-state index contributed by atoms with van der Waals surface area (Å²) in [6.07, 6.45) is 14.5. The molecule has 1 unspecified atom stereocenters. The van der Waals surface area contributed by atoms with Gasteiger partial charge in [-0.25, -0.2) is 0 Å². The fourth-order valence-corrected chi connectivity index (χ4v) is 3.08. The van der Waals surface area contributed by atoms with Crippen molar-refractivity contribution in [2.24, 2.45) is 5.73 Å². The number of unbranched alkanes of at least 4 members (excludes halogenated alkanes) is 9. The van der Waals surface area contributed by atoms with Crippen LogP contribution in [0.3, 0.4) is 0 Å². The van der Waals surface area contributed by atoms with Crippen LogP contribution in [-0.2, 0) is 4.79 Å². The number of carbonyl (C=O) groups excluding carboxylic acids is 1. The molecule has 0 amide bonds. The van der Waals surface area contributed by atoms with E-state index in [1.807, 2.05) is 0 Å². The van der Waals surface area contributed by atoms with Crippen molar-refractivity contribution in [3.63, 3.8) is 0 Å². The minimum absolute atomic E-state index is 0.00827. The maximum atomic E-state index is 11.8. The van der Waals surface area contributed by atoms with E-state index < -0.39 is 0 Å². The molecule has 0 aliphatic rings. The zero-order valence-electron chi connectivity index (χ0n) is 16.9. The highest BCUT2D eigenvalue weighted by Gasteiger charge is 2.20. The van der Waals surface area contributed by atoms with Crippen LogP contribution in [0.25, 0.3) is 0 Å². The molecule has 0 saturated heterocycles. The lowest BCUT2D eigenvalue weighted by atomic mass is 10.0. The van der Waals surface area contributed by atoms with E-state index in [0.29, 0.717) is 5.57 Å². The van der Waals surface area contributed by atoms with Gasteiger partial charge in [-0.3, -0.25) is 4.79 Å². The fraction of sp³-hybridized carbons (Fsp3) is 0.857. The molecule has 0 heterocycles. The monoisotopic (exact) mass is 339 g/mol. The third kappa shape index (κ3) is 12.7. The molecule has 0 aromatic carbocycles. The van der Waals surface area contributed by atoms with E-state index >= 15 is 0 Å². The molecule has 0 radical (unpaired) electrons. The van der Waals surface area contributed by atoms with Gasteiger partial charge >= 0.3 is 0 Å². The normalized spacial score (nSPS) is 13.0. The Morgan fingerprint density at radius 3 is 1.83 bits per heavy atom. The molecule has 24 heavy (non-hydrogen) atoms.